The van der Waals surface area contributed by atoms with Crippen LogP contribution in [0.3, 0.4) is 0 Å². The first kappa shape index (κ1) is 37.9. The summed E-state index contributed by atoms with van der Waals surface area (Å²) in [5.74, 6) is -0.889. The normalized spacial score (nSPS) is 19.5. The second kappa shape index (κ2) is 14.4. The van der Waals surface area contributed by atoms with Crippen molar-refractivity contribution in [3.63, 3.8) is 0 Å². The molecule has 3 atom stereocenters. The van der Waals surface area contributed by atoms with E-state index in [9.17, 15) is 9.59 Å². The van der Waals surface area contributed by atoms with Gasteiger partial charge in [-0.25, -0.2) is 19.6 Å². The standard InChI is InChI=1S/C44H48N4O7/c1-41(2,3)54-39(49)48(40(50)55-42(4,5)6)38-35-33(24-25-45-38)47(28-46-35)34-26-29(36-37(34)53-43(7,8)52-36)27-51-44(30-18-12-9-13-19-30,31-20-14-10-15-21-31)32-22-16-11-17-23-32/h9-26,28,34,36-37H,27H2,1-8H3. The number of carbonyl (C=O) groups excluding carboxylic acids is 2. The van der Waals surface area contributed by atoms with Gasteiger partial charge in [-0.3, -0.25) is 0 Å². The molecule has 2 aromatic heterocycles. The fourth-order valence-corrected chi connectivity index (χ4v) is 7.27. The maximum Gasteiger partial charge on any atom is 0.425 e. The number of imidazole rings is 1. The first-order valence-electron chi connectivity index (χ1n) is 18.5. The smallest absolute Gasteiger partial charge is 0.425 e. The van der Waals surface area contributed by atoms with Crippen LogP contribution in [0.4, 0.5) is 15.4 Å². The van der Waals surface area contributed by atoms with Gasteiger partial charge in [0.1, 0.15) is 34.5 Å². The lowest BCUT2D eigenvalue weighted by molar-refractivity contribution is -0.148. The van der Waals surface area contributed by atoms with Gasteiger partial charge in [-0.2, -0.15) is 4.90 Å². The van der Waals surface area contributed by atoms with Crippen LogP contribution in [0.2, 0.25) is 0 Å². The van der Waals surface area contributed by atoms with Crippen LogP contribution in [-0.4, -0.2) is 62.5 Å². The Morgan fingerprint density at radius 1 is 0.745 bits per heavy atom. The van der Waals surface area contributed by atoms with Crippen molar-refractivity contribution in [2.75, 3.05) is 11.5 Å². The van der Waals surface area contributed by atoms with E-state index in [1.165, 1.54) is 6.20 Å². The molecule has 2 amide bonds. The molecule has 2 aliphatic rings. The predicted molar refractivity (Wildman–Crippen MR) is 209 cm³/mol. The number of rotatable bonds is 8. The van der Waals surface area contributed by atoms with Gasteiger partial charge in [0.15, 0.2) is 11.6 Å². The highest BCUT2D eigenvalue weighted by Crippen LogP contribution is 2.47. The quantitative estimate of drug-likeness (QED) is 0.113. The largest absolute Gasteiger partial charge is 0.443 e. The summed E-state index contributed by atoms with van der Waals surface area (Å²) in [5, 5.41) is 0. The average molecular weight is 745 g/mol. The number of benzene rings is 3. The molecular formula is C44H48N4O7. The average Bonchev–Trinajstić information content (AvgIpc) is 3.79. The van der Waals surface area contributed by atoms with Crippen molar-refractivity contribution in [2.45, 2.75) is 96.2 Å². The van der Waals surface area contributed by atoms with E-state index in [0.29, 0.717) is 11.0 Å². The second-order valence-electron chi connectivity index (χ2n) is 16.3. The maximum absolute atomic E-state index is 13.6. The van der Waals surface area contributed by atoms with Gasteiger partial charge in [0, 0.05) is 6.20 Å². The van der Waals surface area contributed by atoms with E-state index in [1.807, 2.05) is 73.0 Å². The number of anilines is 1. The molecule has 0 radical (unpaired) electrons. The summed E-state index contributed by atoms with van der Waals surface area (Å²) in [6, 6.07) is 32.1. The van der Waals surface area contributed by atoms with Gasteiger partial charge in [-0.05, 0) is 83.7 Å². The van der Waals surface area contributed by atoms with E-state index in [2.05, 4.69) is 47.5 Å². The lowest BCUT2D eigenvalue weighted by Crippen LogP contribution is -2.44. The summed E-state index contributed by atoms with van der Waals surface area (Å²) in [7, 11) is 0. The Morgan fingerprint density at radius 3 is 1.75 bits per heavy atom. The van der Waals surface area contributed by atoms with Crippen LogP contribution in [0.15, 0.2) is 121 Å². The van der Waals surface area contributed by atoms with Gasteiger partial charge in [0.05, 0.1) is 24.5 Å². The Bertz CT molecular complexity index is 2060. The van der Waals surface area contributed by atoms with Crippen LogP contribution in [0, 0.1) is 0 Å². The molecular weight excluding hydrogens is 697 g/mol. The molecule has 0 bridgehead atoms. The highest BCUT2D eigenvalue weighted by molar-refractivity contribution is 6.12. The fraction of sp³-hybridized carbons (Fsp3) is 0.364. The van der Waals surface area contributed by atoms with Crippen molar-refractivity contribution in [2.24, 2.45) is 0 Å². The van der Waals surface area contributed by atoms with Gasteiger partial charge < -0.3 is 28.3 Å². The SMILES string of the molecule is CC(C)(C)OC(=O)N(C(=O)OC(C)(C)C)c1nccc2c1ncn2C1C=C(COC(c2ccccc2)(c2ccccc2)c2ccccc2)C2OC(C)(C)OC21. The highest BCUT2D eigenvalue weighted by atomic mass is 16.8. The molecule has 1 aliphatic heterocycles. The van der Waals surface area contributed by atoms with Crippen molar-refractivity contribution >= 4 is 29.0 Å². The van der Waals surface area contributed by atoms with E-state index in [0.717, 1.165) is 27.2 Å². The zero-order valence-corrected chi connectivity index (χ0v) is 32.6. The minimum absolute atomic E-state index is 0.0101. The zero-order chi connectivity index (χ0) is 39.2. The molecule has 3 unspecified atom stereocenters. The first-order chi connectivity index (χ1) is 26.1. The molecule has 3 aromatic carbocycles. The maximum atomic E-state index is 13.6. The monoisotopic (exact) mass is 744 g/mol. The molecule has 286 valence electrons. The van der Waals surface area contributed by atoms with Crippen LogP contribution in [-0.2, 0) is 29.3 Å². The zero-order valence-electron chi connectivity index (χ0n) is 32.6. The predicted octanol–water partition coefficient (Wildman–Crippen LogP) is 9.12. The molecule has 7 rings (SSSR count). The van der Waals surface area contributed by atoms with Gasteiger partial charge in [0.2, 0.25) is 0 Å². The molecule has 0 spiro atoms. The molecule has 0 N–H and O–H groups in total. The molecule has 1 fully saturated rings. The third kappa shape index (κ3) is 7.65. The number of pyridine rings is 1. The number of hydrogen-bond donors (Lipinski definition) is 0. The van der Waals surface area contributed by atoms with E-state index in [1.54, 1.807) is 53.9 Å². The molecule has 11 nitrogen and oxygen atoms in total. The van der Waals surface area contributed by atoms with Crippen LogP contribution in [0.5, 0.6) is 0 Å². The molecule has 5 aromatic rings. The molecule has 55 heavy (non-hydrogen) atoms. The minimum atomic E-state index is -0.942. The van der Waals surface area contributed by atoms with Crippen molar-refractivity contribution in [1.82, 2.24) is 14.5 Å². The number of imide groups is 1. The molecule has 1 saturated heterocycles. The molecule has 11 heteroatoms. The number of aromatic nitrogens is 3. The van der Waals surface area contributed by atoms with Crippen LogP contribution < -0.4 is 4.90 Å². The van der Waals surface area contributed by atoms with Crippen molar-refractivity contribution in [1.29, 1.82) is 0 Å². The number of ether oxygens (including phenoxy) is 5. The van der Waals surface area contributed by atoms with E-state index < -0.39 is 47.0 Å². The van der Waals surface area contributed by atoms with Crippen LogP contribution in [0.25, 0.3) is 11.0 Å². The molecule has 1 aliphatic carbocycles. The fourth-order valence-electron chi connectivity index (χ4n) is 7.27. The Balaban J connectivity index is 1.30. The lowest BCUT2D eigenvalue weighted by Gasteiger charge is -2.36. The van der Waals surface area contributed by atoms with Crippen molar-refractivity contribution < 1.29 is 33.3 Å². The Morgan fingerprint density at radius 2 is 1.25 bits per heavy atom. The number of hydrogen-bond acceptors (Lipinski definition) is 9. The van der Waals surface area contributed by atoms with Crippen LogP contribution in [0.1, 0.15) is 78.1 Å². The lowest BCUT2D eigenvalue weighted by atomic mass is 9.80. The highest BCUT2D eigenvalue weighted by Gasteiger charge is 2.52. The summed E-state index contributed by atoms with van der Waals surface area (Å²) in [6.45, 7) is 14.4. The van der Waals surface area contributed by atoms with Gasteiger partial charge >= 0.3 is 12.2 Å². The first-order valence-corrected chi connectivity index (χ1v) is 18.5. The van der Waals surface area contributed by atoms with Crippen molar-refractivity contribution in [3.05, 3.63) is 138 Å². The van der Waals surface area contributed by atoms with E-state index in [-0.39, 0.29) is 18.5 Å². The molecule has 3 heterocycles. The van der Waals surface area contributed by atoms with Gasteiger partial charge in [-0.15, -0.1) is 0 Å². The summed E-state index contributed by atoms with van der Waals surface area (Å²) in [5.41, 5.74) is 2.08. The minimum Gasteiger partial charge on any atom is -0.443 e. The molecule has 0 saturated carbocycles. The Labute approximate surface area is 321 Å². The van der Waals surface area contributed by atoms with Gasteiger partial charge in [-0.1, -0.05) is 97.1 Å². The summed E-state index contributed by atoms with van der Waals surface area (Å²) in [4.78, 5) is 37.1. The third-order valence-corrected chi connectivity index (χ3v) is 9.37. The number of carbonyl (C=O) groups is 2. The van der Waals surface area contributed by atoms with E-state index in [4.69, 9.17) is 28.7 Å². The number of amides is 2. The van der Waals surface area contributed by atoms with E-state index >= 15 is 0 Å². The Hall–Kier alpha value is -5.36. The van der Waals surface area contributed by atoms with Crippen molar-refractivity contribution in [3.8, 4) is 0 Å². The third-order valence-electron chi connectivity index (χ3n) is 9.37. The number of fused-ring (bicyclic) bond motifs is 2. The second-order valence-corrected chi connectivity index (χ2v) is 16.3. The summed E-state index contributed by atoms with van der Waals surface area (Å²) >= 11 is 0. The topological polar surface area (TPSA) is 114 Å². The number of nitrogens with zero attached hydrogens (tertiary/aromatic N) is 4. The van der Waals surface area contributed by atoms with Crippen LogP contribution >= 0.6 is 0 Å². The van der Waals surface area contributed by atoms with Gasteiger partial charge in [0.25, 0.3) is 0 Å². The Kier molecular flexibility index (Phi) is 9.91. The summed E-state index contributed by atoms with van der Waals surface area (Å²) in [6.07, 6.45) is 2.58. The summed E-state index contributed by atoms with van der Waals surface area (Å²) < 4.78 is 33.6.